The predicted molar refractivity (Wildman–Crippen MR) is 121 cm³/mol. The lowest BCUT2D eigenvalue weighted by atomic mass is 9.69. The zero-order valence-electron chi connectivity index (χ0n) is 18.7. The van der Waals surface area contributed by atoms with E-state index in [-0.39, 0.29) is 36.0 Å². The highest BCUT2D eigenvalue weighted by Gasteiger charge is 2.32. The minimum Gasteiger partial charge on any atom is -0.504 e. The molecule has 0 saturated heterocycles. The van der Waals surface area contributed by atoms with Crippen molar-refractivity contribution in [2.75, 3.05) is 13.7 Å². The standard InChI is InChI=1S/C24H30N2O6/c1-16(25-32-14-17-4-6-19(7-5-17)26(29)30)20-12-22(28)23(31-3)13-21(20)18-8-10-24(2,15-27)11-9-18/h4-7,12-13,18,27-28H,8-11,14-15H2,1-3H3/b25-16+. The molecule has 0 spiro atoms. The van der Waals surface area contributed by atoms with E-state index in [4.69, 9.17) is 9.57 Å². The first kappa shape index (κ1) is 23.5. The van der Waals surface area contributed by atoms with Crippen LogP contribution in [0.4, 0.5) is 5.69 Å². The molecule has 0 unspecified atom stereocenters. The van der Waals surface area contributed by atoms with Crippen molar-refractivity contribution in [3.8, 4) is 11.5 Å². The fourth-order valence-corrected chi connectivity index (χ4v) is 4.15. The minimum absolute atomic E-state index is 0.0246. The minimum atomic E-state index is -0.445. The number of benzene rings is 2. The fourth-order valence-electron chi connectivity index (χ4n) is 4.15. The molecule has 2 aromatic rings. The summed E-state index contributed by atoms with van der Waals surface area (Å²) < 4.78 is 5.33. The number of nitro groups is 1. The average Bonchev–Trinajstić information content (AvgIpc) is 2.80. The molecule has 2 aromatic carbocycles. The SMILES string of the molecule is COc1cc(C2CCC(C)(CO)CC2)c(/C(C)=N/OCc2ccc([N+](=O)[O-])cc2)cc1O. The largest absolute Gasteiger partial charge is 0.504 e. The van der Waals surface area contributed by atoms with Gasteiger partial charge in [0.25, 0.3) is 5.69 Å². The van der Waals surface area contributed by atoms with Gasteiger partial charge in [-0.05, 0) is 79.3 Å². The summed E-state index contributed by atoms with van der Waals surface area (Å²) in [7, 11) is 1.52. The van der Waals surface area contributed by atoms with Gasteiger partial charge in [0.2, 0.25) is 0 Å². The monoisotopic (exact) mass is 442 g/mol. The number of nitrogens with zero attached hydrogens (tertiary/aromatic N) is 2. The Morgan fingerprint density at radius 1 is 1.25 bits per heavy atom. The van der Waals surface area contributed by atoms with E-state index in [0.29, 0.717) is 11.5 Å². The molecule has 1 fully saturated rings. The summed E-state index contributed by atoms with van der Waals surface area (Å²) in [6.07, 6.45) is 3.69. The van der Waals surface area contributed by atoms with Gasteiger partial charge in [-0.2, -0.15) is 0 Å². The predicted octanol–water partition coefficient (Wildman–Crippen LogP) is 4.91. The Morgan fingerprint density at radius 3 is 2.47 bits per heavy atom. The third-order valence-corrected chi connectivity index (χ3v) is 6.33. The Kier molecular flexibility index (Phi) is 7.35. The Bertz CT molecular complexity index is 979. The highest BCUT2D eigenvalue weighted by atomic mass is 16.6. The number of methoxy groups -OCH3 is 1. The van der Waals surface area contributed by atoms with Gasteiger partial charge in [0, 0.05) is 24.3 Å². The quantitative estimate of drug-likeness (QED) is 0.341. The molecule has 0 radical (unpaired) electrons. The molecule has 0 aromatic heterocycles. The molecular weight excluding hydrogens is 412 g/mol. The summed E-state index contributed by atoms with van der Waals surface area (Å²) in [5, 5.41) is 35.0. The van der Waals surface area contributed by atoms with Crippen molar-refractivity contribution in [1.82, 2.24) is 0 Å². The first-order valence-electron chi connectivity index (χ1n) is 10.7. The van der Waals surface area contributed by atoms with Crippen molar-refractivity contribution < 1.29 is 24.7 Å². The van der Waals surface area contributed by atoms with Crippen LogP contribution in [-0.4, -0.2) is 34.6 Å². The van der Waals surface area contributed by atoms with Crippen LogP contribution in [0.25, 0.3) is 0 Å². The zero-order chi connectivity index (χ0) is 23.3. The fraction of sp³-hybridized carbons (Fsp3) is 0.458. The van der Waals surface area contributed by atoms with Gasteiger partial charge in [0.1, 0.15) is 6.61 Å². The number of phenolic OH excluding ortho intramolecular Hbond substituents is 1. The van der Waals surface area contributed by atoms with Crippen LogP contribution in [-0.2, 0) is 11.4 Å². The Hall–Kier alpha value is -3.13. The number of hydrogen-bond acceptors (Lipinski definition) is 7. The summed E-state index contributed by atoms with van der Waals surface area (Å²) in [5.41, 5.74) is 3.20. The lowest BCUT2D eigenvalue weighted by molar-refractivity contribution is -0.384. The smallest absolute Gasteiger partial charge is 0.269 e. The highest BCUT2D eigenvalue weighted by Crippen LogP contribution is 2.45. The molecular formula is C24H30N2O6. The third-order valence-electron chi connectivity index (χ3n) is 6.33. The van der Waals surface area contributed by atoms with E-state index >= 15 is 0 Å². The molecule has 0 aliphatic heterocycles. The summed E-state index contributed by atoms with van der Waals surface area (Å²) in [4.78, 5) is 15.8. The maximum Gasteiger partial charge on any atom is 0.269 e. The molecule has 8 heteroatoms. The molecule has 0 heterocycles. The highest BCUT2D eigenvalue weighted by molar-refractivity contribution is 6.00. The molecule has 2 N–H and O–H groups in total. The van der Waals surface area contributed by atoms with E-state index in [0.717, 1.165) is 42.4 Å². The van der Waals surface area contributed by atoms with Crippen LogP contribution in [0.5, 0.6) is 11.5 Å². The molecule has 8 nitrogen and oxygen atoms in total. The van der Waals surface area contributed by atoms with E-state index in [1.54, 1.807) is 18.2 Å². The lowest BCUT2D eigenvalue weighted by Gasteiger charge is -2.36. The van der Waals surface area contributed by atoms with Gasteiger partial charge in [-0.1, -0.05) is 12.1 Å². The average molecular weight is 443 g/mol. The number of aliphatic hydroxyl groups is 1. The summed E-state index contributed by atoms with van der Waals surface area (Å²) in [6.45, 7) is 4.29. The molecule has 1 aliphatic carbocycles. The Morgan fingerprint density at radius 2 is 1.91 bits per heavy atom. The van der Waals surface area contributed by atoms with Crippen LogP contribution in [0.2, 0.25) is 0 Å². The van der Waals surface area contributed by atoms with Crippen LogP contribution >= 0.6 is 0 Å². The van der Waals surface area contributed by atoms with Gasteiger partial charge in [-0.25, -0.2) is 0 Å². The zero-order valence-corrected chi connectivity index (χ0v) is 18.7. The third kappa shape index (κ3) is 5.37. The molecule has 0 atom stereocenters. The Labute approximate surface area is 187 Å². The van der Waals surface area contributed by atoms with Crippen molar-refractivity contribution in [2.24, 2.45) is 10.6 Å². The first-order chi connectivity index (χ1) is 15.3. The second-order valence-corrected chi connectivity index (χ2v) is 8.73. The van der Waals surface area contributed by atoms with Crippen LogP contribution in [0.3, 0.4) is 0 Å². The van der Waals surface area contributed by atoms with Crippen molar-refractivity contribution >= 4 is 11.4 Å². The molecule has 32 heavy (non-hydrogen) atoms. The molecule has 0 amide bonds. The van der Waals surface area contributed by atoms with Crippen molar-refractivity contribution in [3.05, 3.63) is 63.2 Å². The van der Waals surface area contributed by atoms with Crippen LogP contribution in [0.1, 0.15) is 62.1 Å². The number of aliphatic hydroxyl groups excluding tert-OH is 1. The van der Waals surface area contributed by atoms with E-state index in [9.17, 15) is 20.3 Å². The molecule has 3 rings (SSSR count). The van der Waals surface area contributed by atoms with Crippen molar-refractivity contribution in [3.63, 3.8) is 0 Å². The van der Waals surface area contributed by atoms with E-state index in [1.165, 1.54) is 19.2 Å². The number of hydrogen-bond donors (Lipinski definition) is 2. The van der Waals surface area contributed by atoms with E-state index in [2.05, 4.69) is 12.1 Å². The van der Waals surface area contributed by atoms with Crippen LogP contribution in [0, 0.1) is 15.5 Å². The van der Waals surface area contributed by atoms with Gasteiger partial charge in [0.05, 0.1) is 17.7 Å². The van der Waals surface area contributed by atoms with Gasteiger partial charge in [-0.15, -0.1) is 0 Å². The summed E-state index contributed by atoms with van der Waals surface area (Å²) in [6, 6.07) is 9.65. The number of rotatable bonds is 8. The Balaban J connectivity index is 1.79. The van der Waals surface area contributed by atoms with Crippen LogP contribution < -0.4 is 4.74 Å². The molecule has 1 saturated carbocycles. The second kappa shape index (κ2) is 9.99. The normalized spacial score (nSPS) is 21.2. The lowest BCUT2D eigenvalue weighted by Crippen LogP contribution is -2.27. The van der Waals surface area contributed by atoms with Gasteiger partial charge >= 0.3 is 0 Å². The van der Waals surface area contributed by atoms with Gasteiger partial charge in [0.15, 0.2) is 11.5 Å². The molecule has 172 valence electrons. The number of phenols is 1. The van der Waals surface area contributed by atoms with Gasteiger partial charge in [-0.3, -0.25) is 10.1 Å². The number of ether oxygens (including phenoxy) is 1. The van der Waals surface area contributed by atoms with Crippen LogP contribution in [0.15, 0.2) is 41.6 Å². The topological polar surface area (TPSA) is 114 Å². The first-order valence-corrected chi connectivity index (χ1v) is 10.7. The van der Waals surface area contributed by atoms with Gasteiger partial charge < -0.3 is 19.8 Å². The maximum atomic E-state index is 10.8. The number of aromatic hydroxyl groups is 1. The number of nitro benzene ring substituents is 1. The number of non-ortho nitro benzene ring substituents is 1. The molecule has 1 aliphatic rings. The van der Waals surface area contributed by atoms with Crippen molar-refractivity contribution in [1.29, 1.82) is 0 Å². The second-order valence-electron chi connectivity index (χ2n) is 8.73. The summed E-state index contributed by atoms with van der Waals surface area (Å²) in [5.74, 6) is 0.713. The maximum absolute atomic E-state index is 10.8. The van der Waals surface area contributed by atoms with E-state index < -0.39 is 4.92 Å². The van der Waals surface area contributed by atoms with Crippen molar-refractivity contribution in [2.45, 2.75) is 52.1 Å². The number of oxime groups is 1. The summed E-state index contributed by atoms with van der Waals surface area (Å²) >= 11 is 0. The molecule has 0 bridgehead atoms. The van der Waals surface area contributed by atoms with E-state index in [1.807, 2.05) is 13.0 Å².